The Morgan fingerprint density at radius 2 is 2.10 bits per heavy atom. The molecule has 0 heterocycles. The van der Waals surface area contributed by atoms with Gasteiger partial charge in [-0.05, 0) is 44.4 Å². The minimum absolute atomic E-state index is 0.185. The Hall–Kier alpha value is -1.55. The largest absolute Gasteiger partial charge is 0.481 e. The zero-order valence-corrected chi connectivity index (χ0v) is 12.9. The molecule has 1 saturated carbocycles. The van der Waals surface area contributed by atoms with Gasteiger partial charge in [-0.25, -0.2) is 0 Å². The Kier molecular flexibility index (Phi) is 5.23. The van der Waals surface area contributed by atoms with E-state index in [1.165, 1.54) is 6.42 Å². The van der Waals surface area contributed by atoms with Crippen LogP contribution >= 0.6 is 0 Å². The third-order valence-corrected chi connectivity index (χ3v) is 4.05. The summed E-state index contributed by atoms with van der Waals surface area (Å²) in [5.41, 5.74) is 0.355. The molecule has 0 saturated heterocycles. The first-order chi connectivity index (χ1) is 9.98. The number of ether oxygens (including phenoxy) is 1. The van der Waals surface area contributed by atoms with Crippen LogP contribution in [-0.2, 0) is 4.79 Å². The van der Waals surface area contributed by atoms with Crippen molar-refractivity contribution in [3.8, 4) is 5.75 Å². The maximum absolute atomic E-state index is 12.1. The number of aryl methyl sites for hydroxylation is 1. The van der Waals surface area contributed by atoms with E-state index in [0.29, 0.717) is 12.3 Å². The third kappa shape index (κ3) is 4.74. The average molecular weight is 291 g/mol. The predicted molar refractivity (Wildman–Crippen MR) is 82.3 cm³/mol. The van der Waals surface area contributed by atoms with Gasteiger partial charge in [-0.2, -0.15) is 0 Å². The maximum atomic E-state index is 12.1. The van der Waals surface area contributed by atoms with Gasteiger partial charge in [0.25, 0.3) is 5.91 Å². The number of rotatable bonds is 5. The molecule has 0 bridgehead atoms. The van der Waals surface area contributed by atoms with Crippen molar-refractivity contribution in [3.63, 3.8) is 0 Å². The fraction of sp³-hybridized carbons (Fsp3) is 0.588. The highest BCUT2D eigenvalue weighted by Gasteiger charge is 2.30. The number of carbonyl (C=O) groups is 1. The van der Waals surface area contributed by atoms with Gasteiger partial charge in [0, 0.05) is 6.54 Å². The third-order valence-electron chi connectivity index (χ3n) is 4.05. The van der Waals surface area contributed by atoms with Crippen LogP contribution in [0.4, 0.5) is 0 Å². The van der Waals surface area contributed by atoms with E-state index in [9.17, 15) is 9.90 Å². The molecule has 0 radical (unpaired) electrons. The normalized spacial score (nSPS) is 18.8. The number of amides is 1. The van der Waals surface area contributed by atoms with E-state index in [2.05, 4.69) is 5.32 Å². The van der Waals surface area contributed by atoms with E-state index in [1.54, 1.807) is 6.92 Å². The summed E-state index contributed by atoms with van der Waals surface area (Å²) in [5.74, 6) is 0.504. The number of aliphatic hydroxyl groups is 1. The van der Waals surface area contributed by atoms with E-state index in [1.807, 2.05) is 31.2 Å². The molecule has 0 aliphatic heterocycles. The summed E-state index contributed by atoms with van der Waals surface area (Å²) in [6, 6.07) is 7.63. The average Bonchev–Trinajstić information content (AvgIpc) is 2.45. The standard InChI is InChI=1S/C17H25NO3/c1-13-7-6-8-15(11-13)21-14(2)16(19)18-12-17(20)9-4-3-5-10-17/h6-8,11,14,20H,3-5,9-10,12H2,1-2H3,(H,18,19). The maximum Gasteiger partial charge on any atom is 0.260 e. The first-order valence-electron chi connectivity index (χ1n) is 7.72. The van der Waals surface area contributed by atoms with Crippen molar-refractivity contribution in [1.82, 2.24) is 5.32 Å². The van der Waals surface area contributed by atoms with Crippen LogP contribution in [0.1, 0.15) is 44.6 Å². The SMILES string of the molecule is Cc1cccc(OC(C)C(=O)NCC2(O)CCCCC2)c1. The quantitative estimate of drug-likeness (QED) is 0.876. The molecule has 1 amide bonds. The second kappa shape index (κ2) is 6.94. The zero-order valence-electron chi connectivity index (χ0n) is 12.9. The summed E-state index contributed by atoms with van der Waals surface area (Å²) in [7, 11) is 0. The molecular weight excluding hydrogens is 266 g/mol. The Balaban J connectivity index is 1.82. The molecule has 2 rings (SSSR count). The van der Waals surface area contributed by atoms with Crippen LogP contribution in [0.3, 0.4) is 0 Å². The van der Waals surface area contributed by atoms with Crippen molar-refractivity contribution in [3.05, 3.63) is 29.8 Å². The molecule has 4 nitrogen and oxygen atoms in total. The van der Waals surface area contributed by atoms with Gasteiger partial charge in [-0.3, -0.25) is 4.79 Å². The molecular formula is C17H25NO3. The second-order valence-electron chi connectivity index (χ2n) is 6.08. The molecule has 1 unspecified atom stereocenters. The minimum atomic E-state index is -0.739. The lowest BCUT2D eigenvalue weighted by atomic mass is 9.85. The van der Waals surface area contributed by atoms with Crippen LogP contribution in [0.2, 0.25) is 0 Å². The van der Waals surface area contributed by atoms with Crippen LogP contribution in [0.25, 0.3) is 0 Å². The van der Waals surface area contributed by atoms with Crippen molar-refractivity contribution >= 4 is 5.91 Å². The van der Waals surface area contributed by atoms with E-state index >= 15 is 0 Å². The first-order valence-corrected chi connectivity index (χ1v) is 7.72. The van der Waals surface area contributed by atoms with Gasteiger partial charge in [-0.15, -0.1) is 0 Å². The number of nitrogens with one attached hydrogen (secondary N) is 1. The van der Waals surface area contributed by atoms with Gasteiger partial charge >= 0.3 is 0 Å². The van der Waals surface area contributed by atoms with Crippen LogP contribution in [0.5, 0.6) is 5.75 Å². The summed E-state index contributed by atoms with van der Waals surface area (Å²) in [6.07, 6.45) is 4.19. The van der Waals surface area contributed by atoms with Gasteiger partial charge in [0.15, 0.2) is 6.10 Å². The van der Waals surface area contributed by atoms with Crippen molar-refractivity contribution in [2.75, 3.05) is 6.54 Å². The Morgan fingerprint density at radius 3 is 2.76 bits per heavy atom. The summed E-state index contributed by atoms with van der Waals surface area (Å²) in [4.78, 5) is 12.1. The lowest BCUT2D eigenvalue weighted by Gasteiger charge is -2.32. The van der Waals surface area contributed by atoms with E-state index in [0.717, 1.165) is 31.2 Å². The van der Waals surface area contributed by atoms with Gasteiger partial charge in [-0.1, -0.05) is 31.4 Å². The number of hydrogen-bond acceptors (Lipinski definition) is 3. The second-order valence-corrected chi connectivity index (χ2v) is 6.08. The van der Waals surface area contributed by atoms with Gasteiger partial charge in [0.2, 0.25) is 0 Å². The molecule has 4 heteroatoms. The first kappa shape index (κ1) is 15.8. The Labute approximate surface area is 126 Å². The Bertz CT molecular complexity index is 481. The smallest absolute Gasteiger partial charge is 0.260 e. The number of benzene rings is 1. The predicted octanol–water partition coefficient (Wildman–Crippen LogP) is 2.57. The van der Waals surface area contributed by atoms with Gasteiger partial charge in [0.05, 0.1) is 5.60 Å². The molecule has 1 aromatic rings. The number of hydrogen-bond donors (Lipinski definition) is 2. The van der Waals surface area contributed by atoms with Crippen LogP contribution in [0, 0.1) is 6.92 Å². The summed E-state index contributed by atoms with van der Waals surface area (Å²) in [5, 5.41) is 13.2. The van der Waals surface area contributed by atoms with Crippen molar-refractivity contribution < 1.29 is 14.6 Å². The summed E-state index contributed by atoms with van der Waals surface area (Å²) in [6.45, 7) is 4.02. The molecule has 0 aromatic heterocycles. The molecule has 1 fully saturated rings. The topological polar surface area (TPSA) is 58.6 Å². The fourth-order valence-electron chi connectivity index (χ4n) is 2.73. The Morgan fingerprint density at radius 1 is 1.38 bits per heavy atom. The molecule has 1 aliphatic rings. The van der Waals surface area contributed by atoms with Crippen LogP contribution < -0.4 is 10.1 Å². The highest BCUT2D eigenvalue weighted by Crippen LogP contribution is 2.27. The zero-order chi connectivity index (χ0) is 15.3. The van der Waals surface area contributed by atoms with Crippen molar-refractivity contribution in [2.24, 2.45) is 0 Å². The molecule has 0 spiro atoms. The molecule has 1 aromatic carbocycles. The van der Waals surface area contributed by atoms with Crippen LogP contribution in [-0.4, -0.2) is 29.3 Å². The molecule has 1 aliphatic carbocycles. The van der Waals surface area contributed by atoms with E-state index in [-0.39, 0.29) is 5.91 Å². The summed E-state index contributed by atoms with van der Waals surface area (Å²) >= 11 is 0. The van der Waals surface area contributed by atoms with E-state index in [4.69, 9.17) is 4.74 Å². The van der Waals surface area contributed by atoms with E-state index < -0.39 is 11.7 Å². The summed E-state index contributed by atoms with van der Waals surface area (Å²) < 4.78 is 5.64. The lowest BCUT2D eigenvalue weighted by molar-refractivity contribution is -0.128. The fourth-order valence-corrected chi connectivity index (χ4v) is 2.73. The van der Waals surface area contributed by atoms with Gasteiger partial charge < -0.3 is 15.2 Å². The monoisotopic (exact) mass is 291 g/mol. The van der Waals surface area contributed by atoms with Crippen molar-refractivity contribution in [2.45, 2.75) is 57.7 Å². The molecule has 116 valence electrons. The van der Waals surface area contributed by atoms with Gasteiger partial charge in [0.1, 0.15) is 5.75 Å². The number of carbonyl (C=O) groups excluding carboxylic acids is 1. The molecule has 1 atom stereocenters. The van der Waals surface area contributed by atoms with Crippen LogP contribution in [0.15, 0.2) is 24.3 Å². The van der Waals surface area contributed by atoms with Crippen molar-refractivity contribution in [1.29, 1.82) is 0 Å². The highest BCUT2D eigenvalue weighted by atomic mass is 16.5. The molecule has 2 N–H and O–H groups in total. The molecule has 21 heavy (non-hydrogen) atoms. The highest BCUT2D eigenvalue weighted by molar-refractivity contribution is 5.80. The minimum Gasteiger partial charge on any atom is -0.481 e. The lowest BCUT2D eigenvalue weighted by Crippen LogP contribution is -2.47.